The average Bonchev–Trinajstić information content (AvgIpc) is 2.26. The summed E-state index contributed by atoms with van der Waals surface area (Å²) in [4.78, 5) is 0. The number of benzene rings is 2. The van der Waals surface area contributed by atoms with E-state index in [0.29, 0.717) is 6.42 Å². The van der Waals surface area contributed by atoms with E-state index in [1.165, 1.54) is 5.39 Å². The molecule has 15 heavy (non-hydrogen) atoms. The summed E-state index contributed by atoms with van der Waals surface area (Å²) >= 11 is -1.95. The summed E-state index contributed by atoms with van der Waals surface area (Å²) in [5, 5.41) is 2.34. The van der Waals surface area contributed by atoms with E-state index in [-0.39, 0.29) is 5.75 Å². The van der Waals surface area contributed by atoms with E-state index in [4.69, 9.17) is 0 Å². The van der Waals surface area contributed by atoms with Crippen LogP contribution in [0.4, 0.5) is 0 Å². The molecular formula is C12H11O2S-. The van der Waals surface area contributed by atoms with Gasteiger partial charge < -0.3 is 4.55 Å². The van der Waals surface area contributed by atoms with Crippen LogP contribution < -0.4 is 0 Å². The van der Waals surface area contributed by atoms with Crippen molar-refractivity contribution >= 4 is 21.9 Å². The zero-order valence-electron chi connectivity index (χ0n) is 8.18. The Labute approximate surface area is 91.2 Å². The van der Waals surface area contributed by atoms with Crippen LogP contribution >= 0.6 is 0 Å². The third-order valence-electron chi connectivity index (χ3n) is 2.37. The Morgan fingerprint density at radius 3 is 2.53 bits per heavy atom. The first-order valence-corrected chi connectivity index (χ1v) is 6.03. The molecule has 0 saturated heterocycles. The van der Waals surface area contributed by atoms with Crippen LogP contribution in [0.1, 0.15) is 5.56 Å². The lowest BCUT2D eigenvalue weighted by atomic mass is 10.1. The van der Waals surface area contributed by atoms with Gasteiger partial charge in [-0.15, -0.1) is 0 Å². The molecule has 78 valence electrons. The molecule has 0 amide bonds. The molecule has 0 N–H and O–H groups in total. The van der Waals surface area contributed by atoms with Gasteiger partial charge in [0.15, 0.2) is 0 Å². The van der Waals surface area contributed by atoms with Crippen molar-refractivity contribution in [2.75, 3.05) is 5.75 Å². The van der Waals surface area contributed by atoms with E-state index < -0.39 is 11.1 Å². The molecule has 0 saturated carbocycles. The van der Waals surface area contributed by atoms with Crippen LogP contribution in [0.15, 0.2) is 42.5 Å². The van der Waals surface area contributed by atoms with Gasteiger partial charge in [0.1, 0.15) is 0 Å². The highest BCUT2D eigenvalue weighted by Crippen LogP contribution is 2.15. The first kappa shape index (κ1) is 10.3. The number of rotatable bonds is 3. The SMILES string of the molecule is O=S([O-])CCc1ccc2ccccc2c1. The highest BCUT2D eigenvalue weighted by molar-refractivity contribution is 7.79. The Morgan fingerprint density at radius 1 is 1.07 bits per heavy atom. The van der Waals surface area contributed by atoms with Crippen molar-refractivity contribution in [3.05, 3.63) is 48.0 Å². The molecule has 2 rings (SSSR count). The molecule has 2 nitrogen and oxygen atoms in total. The van der Waals surface area contributed by atoms with Gasteiger partial charge in [0.2, 0.25) is 0 Å². The molecule has 0 aliphatic carbocycles. The van der Waals surface area contributed by atoms with Gasteiger partial charge in [-0.1, -0.05) is 53.5 Å². The monoisotopic (exact) mass is 219 g/mol. The fourth-order valence-corrected chi connectivity index (χ4v) is 2.00. The van der Waals surface area contributed by atoms with Gasteiger partial charge in [-0.05, 0) is 22.8 Å². The highest BCUT2D eigenvalue weighted by Gasteiger charge is 1.96. The molecule has 3 heteroatoms. The molecule has 0 aliphatic rings. The fraction of sp³-hybridized carbons (Fsp3) is 0.167. The fourth-order valence-electron chi connectivity index (χ4n) is 1.60. The van der Waals surface area contributed by atoms with Gasteiger partial charge in [-0.25, -0.2) is 0 Å². The van der Waals surface area contributed by atoms with Crippen LogP contribution in [0.2, 0.25) is 0 Å². The Balaban J connectivity index is 2.26. The Morgan fingerprint density at radius 2 is 1.80 bits per heavy atom. The Hall–Kier alpha value is -1.19. The van der Waals surface area contributed by atoms with Crippen LogP contribution in [0.3, 0.4) is 0 Å². The third kappa shape index (κ3) is 2.64. The average molecular weight is 219 g/mol. The zero-order valence-corrected chi connectivity index (χ0v) is 9.00. The number of aryl methyl sites for hydroxylation is 1. The molecule has 1 atom stereocenters. The minimum atomic E-state index is -1.95. The normalized spacial score (nSPS) is 12.9. The standard InChI is InChI=1S/C12H12O2S/c13-15(14)8-7-10-5-6-11-3-1-2-4-12(11)9-10/h1-6,9H,7-8H2,(H,13,14)/p-1. The molecule has 0 radical (unpaired) electrons. The maximum absolute atomic E-state index is 10.4. The summed E-state index contributed by atoms with van der Waals surface area (Å²) in [5.74, 6) is 0.193. The number of fused-ring (bicyclic) bond motifs is 1. The minimum Gasteiger partial charge on any atom is -0.772 e. The van der Waals surface area contributed by atoms with Crippen molar-refractivity contribution in [2.45, 2.75) is 6.42 Å². The van der Waals surface area contributed by atoms with Gasteiger partial charge in [-0.2, -0.15) is 0 Å². The summed E-state index contributed by atoms with van der Waals surface area (Å²) < 4.78 is 20.9. The molecule has 0 bridgehead atoms. The van der Waals surface area contributed by atoms with Gasteiger partial charge in [0.25, 0.3) is 0 Å². The predicted octanol–water partition coefficient (Wildman–Crippen LogP) is 2.26. The molecule has 0 spiro atoms. The second kappa shape index (κ2) is 4.55. The lowest BCUT2D eigenvalue weighted by Crippen LogP contribution is -1.99. The molecule has 1 unspecified atom stereocenters. The van der Waals surface area contributed by atoms with Crippen molar-refractivity contribution in [1.29, 1.82) is 0 Å². The van der Waals surface area contributed by atoms with Gasteiger partial charge in [0.05, 0.1) is 0 Å². The second-order valence-corrected chi connectivity index (χ2v) is 4.46. The quantitative estimate of drug-likeness (QED) is 0.743. The summed E-state index contributed by atoms with van der Waals surface area (Å²) in [6, 6.07) is 14.1. The van der Waals surface area contributed by atoms with Crippen molar-refractivity contribution < 1.29 is 8.76 Å². The van der Waals surface area contributed by atoms with Gasteiger partial charge in [0, 0.05) is 5.75 Å². The van der Waals surface area contributed by atoms with Crippen LogP contribution in [-0.4, -0.2) is 14.5 Å². The molecule has 0 aromatic heterocycles. The largest absolute Gasteiger partial charge is 0.772 e. The molecular weight excluding hydrogens is 208 g/mol. The van der Waals surface area contributed by atoms with Crippen molar-refractivity contribution in [1.82, 2.24) is 0 Å². The van der Waals surface area contributed by atoms with Crippen LogP contribution in [0.5, 0.6) is 0 Å². The second-order valence-electron chi connectivity index (χ2n) is 3.44. The lowest BCUT2D eigenvalue weighted by molar-refractivity contribution is 0.536. The molecule has 0 aliphatic heterocycles. The minimum absolute atomic E-state index is 0.193. The Bertz CT molecular complexity index is 494. The summed E-state index contributed by atoms with van der Waals surface area (Å²) in [7, 11) is 0. The molecule has 0 fully saturated rings. The van der Waals surface area contributed by atoms with Crippen molar-refractivity contribution in [3.63, 3.8) is 0 Å². The smallest absolute Gasteiger partial charge is 0.0142 e. The van der Waals surface area contributed by atoms with E-state index in [2.05, 4.69) is 0 Å². The number of hydrogen-bond acceptors (Lipinski definition) is 2. The van der Waals surface area contributed by atoms with Crippen molar-refractivity contribution in [3.8, 4) is 0 Å². The van der Waals surface area contributed by atoms with Gasteiger partial charge in [-0.3, -0.25) is 4.21 Å². The molecule has 2 aromatic carbocycles. The van der Waals surface area contributed by atoms with Crippen LogP contribution in [0.25, 0.3) is 10.8 Å². The van der Waals surface area contributed by atoms with Gasteiger partial charge >= 0.3 is 0 Å². The van der Waals surface area contributed by atoms with E-state index in [9.17, 15) is 8.76 Å². The topological polar surface area (TPSA) is 40.1 Å². The van der Waals surface area contributed by atoms with E-state index in [1.807, 2.05) is 42.5 Å². The first-order chi connectivity index (χ1) is 7.25. The molecule has 2 aromatic rings. The Kier molecular flexibility index (Phi) is 3.14. The summed E-state index contributed by atoms with van der Waals surface area (Å²) in [6.45, 7) is 0. The van der Waals surface area contributed by atoms with E-state index >= 15 is 0 Å². The first-order valence-electron chi connectivity index (χ1n) is 4.79. The summed E-state index contributed by atoms with van der Waals surface area (Å²) in [6.07, 6.45) is 0.584. The van der Waals surface area contributed by atoms with E-state index in [1.54, 1.807) is 0 Å². The van der Waals surface area contributed by atoms with Crippen molar-refractivity contribution in [2.24, 2.45) is 0 Å². The third-order valence-corrected chi connectivity index (χ3v) is 2.91. The summed E-state index contributed by atoms with van der Waals surface area (Å²) in [5.41, 5.74) is 1.07. The highest BCUT2D eigenvalue weighted by atomic mass is 32.2. The van der Waals surface area contributed by atoms with E-state index in [0.717, 1.165) is 10.9 Å². The predicted molar refractivity (Wildman–Crippen MR) is 61.4 cm³/mol. The maximum atomic E-state index is 10.4. The van der Waals surface area contributed by atoms with Crippen LogP contribution in [-0.2, 0) is 17.5 Å². The number of hydrogen-bond donors (Lipinski definition) is 0. The molecule has 0 heterocycles. The maximum Gasteiger partial charge on any atom is 0.0142 e. The lowest BCUT2D eigenvalue weighted by Gasteiger charge is -2.05. The zero-order chi connectivity index (χ0) is 10.7. The van der Waals surface area contributed by atoms with Crippen LogP contribution in [0, 0.1) is 0 Å².